The molecule has 0 bridgehead atoms. The monoisotopic (exact) mass is 283 g/mol. The molecule has 0 aliphatic carbocycles. The number of para-hydroxylation sites is 1. The van der Waals surface area contributed by atoms with Crippen LogP contribution in [0.2, 0.25) is 0 Å². The maximum Gasteiger partial charge on any atom is 0.149 e. The van der Waals surface area contributed by atoms with Gasteiger partial charge in [-0.25, -0.2) is 19.3 Å². The largest absolute Gasteiger partial charge is 0.364 e. The predicted octanol–water partition coefficient (Wildman–Crippen LogP) is 2.52. The van der Waals surface area contributed by atoms with Crippen molar-refractivity contribution in [1.82, 2.24) is 19.5 Å². The Bertz CT molecular complexity index is 811. The van der Waals surface area contributed by atoms with Gasteiger partial charge in [-0.3, -0.25) is 0 Å². The molecule has 0 saturated heterocycles. The van der Waals surface area contributed by atoms with Gasteiger partial charge < -0.3 is 9.88 Å². The second kappa shape index (κ2) is 4.80. The number of imidazole rings is 1. The van der Waals surface area contributed by atoms with Crippen LogP contribution in [0, 0.1) is 5.82 Å². The van der Waals surface area contributed by atoms with Crippen LogP contribution in [0.5, 0.6) is 0 Å². The number of benzene rings is 1. The Hall–Kier alpha value is -2.50. The Kier molecular flexibility index (Phi) is 2.80. The molecular formula is C15H14FN5. The number of rotatable bonds is 3. The molecule has 0 saturated carbocycles. The van der Waals surface area contributed by atoms with E-state index in [1.165, 1.54) is 12.4 Å². The molecule has 2 aromatic heterocycles. The normalized spacial score (nSPS) is 13.6. The van der Waals surface area contributed by atoms with Crippen molar-refractivity contribution in [2.45, 2.75) is 25.9 Å². The third-order valence-corrected chi connectivity index (χ3v) is 3.86. The average molecular weight is 283 g/mol. The molecule has 1 N–H and O–H groups in total. The summed E-state index contributed by atoms with van der Waals surface area (Å²) in [5, 5.41) is 3.96. The first-order valence-electron chi connectivity index (χ1n) is 6.99. The Labute approximate surface area is 120 Å². The Morgan fingerprint density at radius 3 is 3.14 bits per heavy atom. The molecule has 3 aromatic rings. The van der Waals surface area contributed by atoms with Gasteiger partial charge in [0.1, 0.15) is 29.3 Å². The molecule has 0 unspecified atom stereocenters. The lowest BCUT2D eigenvalue weighted by atomic mass is 10.2. The molecule has 1 aliphatic rings. The zero-order valence-electron chi connectivity index (χ0n) is 11.4. The van der Waals surface area contributed by atoms with Crippen molar-refractivity contribution in [2.75, 3.05) is 5.32 Å². The van der Waals surface area contributed by atoms with E-state index >= 15 is 0 Å². The third-order valence-electron chi connectivity index (χ3n) is 3.86. The Morgan fingerprint density at radius 1 is 1.24 bits per heavy atom. The summed E-state index contributed by atoms with van der Waals surface area (Å²) in [4.78, 5) is 12.6. The topological polar surface area (TPSA) is 55.6 Å². The molecule has 0 amide bonds. The van der Waals surface area contributed by atoms with E-state index < -0.39 is 0 Å². The lowest BCUT2D eigenvalue weighted by molar-refractivity contribution is 0.636. The van der Waals surface area contributed by atoms with E-state index in [1.54, 1.807) is 6.07 Å². The predicted molar refractivity (Wildman–Crippen MR) is 77.4 cm³/mol. The zero-order chi connectivity index (χ0) is 14.2. The van der Waals surface area contributed by atoms with Crippen LogP contribution in [0.1, 0.15) is 17.9 Å². The van der Waals surface area contributed by atoms with Gasteiger partial charge in [-0.05, 0) is 18.6 Å². The zero-order valence-corrected chi connectivity index (χ0v) is 11.4. The number of anilines is 1. The maximum atomic E-state index is 13.7. The third kappa shape index (κ3) is 2.03. The average Bonchev–Trinajstić information content (AvgIpc) is 3.09. The fourth-order valence-corrected chi connectivity index (χ4v) is 2.83. The number of aromatic nitrogens is 4. The summed E-state index contributed by atoms with van der Waals surface area (Å²) in [5.74, 6) is 1.46. The summed E-state index contributed by atoms with van der Waals surface area (Å²) < 4.78 is 16.0. The fraction of sp³-hybridized carbons (Fsp3) is 0.267. The SMILES string of the molecule is Fc1cccc2c(NCc3cnc4n3CCC4)ncnc12. The smallest absolute Gasteiger partial charge is 0.149 e. The summed E-state index contributed by atoms with van der Waals surface area (Å²) in [6.07, 6.45) is 5.47. The van der Waals surface area contributed by atoms with Gasteiger partial charge >= 0.3 is 0 Å². The number of nitrogens with zero attached hydrogens (tertiary/aromatic N) is 4. The highest BCUT2D eigenvalue weighted by Crippen LogP contribution is 2.22. The Balaban J connectivity index is 1.64. The molecule has 1 aromatic carbocycles. The number of halogens is 1. The van der Waals surface area contributed by atoms with E-state index in [9.17, 15) is 4.39 Å². The first-order valence-corrected chi connectivity index (χ1v) is 6.99. The van der Waals surface area contributed by atoms with Crippen molar-refractivity contribution in [3.05, 3.63) is 48.1 Å². The first-order chi connectivity index (χ1) is 10.3. The molecule has 1 aliphatic heterocycles. The molecule has 0 spiro atoms. The number of nitrogens with one attached hydrogen (secondary N) is 1. The summed E-state index contributed by atoms with van der Waals surface area (Å²) in [6.45, 7) is 1.64. The van der Waals surface area contributed by atoms with Crippen molar-refractivity contribution in [2.24, 2.45) is 0 Å². The molecule has 21 heavy (non-hydrogen) atoms. The quantitative estimate of drug-likeness (QED) is 0.802. The van der Waals surface area contributed by atoms with Gasteiger partial charge in [0.25, 0.3) is 0 Å². The van der Waals surface area contributed by atoms with Gasteiger partial charge in [-0.1, -0.05) is 6.07 Å². The molecule has 5 nitrogen and oxygen atoms in total. The van der Waals surface area contributed by atoms with E-state index in [-0.39, 0.29) is 5.82 Å². The lowest BCUT2D eigenvalue weighted by Gasteiger charge is -2.09. The summed E-state index contributed by atoms with van der Waals surface area (Å²) in [7, 11) is 0. The molecular weight excluding hydrogens is 269 g/mol. The van der Waals surface area contributed by atoms with Crippen LogP contribution >= 0.6 is 0 Å². The van der Waals surface area contributed by atoms with Crippen LogP contribution in [0.4, 0.5) is 10.2 Å². The highest BCUT2D eigenvalue weighted by atomic mass is 19.1. The van der Waals surface area contributed by atoms with Gasteiger partial charge in [0.15, 0.2) is 0 Å². The van der Waals surface area contributed by atoms with E-state index in [2.05, 4.69) is 24.8 Å². The highest BCUT2D eigenvalue weighted by molar-refractivity contribution is 5.89. The second-order valence-corrected chi connectivity index (χ2v) is 5.13. The van der Waals surface area contributed by atoms with Crippen LogP contribution in [0.3, 0.4) is 0 Å². The molecule has 106 valence electrons. The van der Waals surface area contributed by atoms with Gasteiger partial charge in [0.2, 0.25) is 0 Å². The van der Waals surface area contributed by atoms with Gasteiger partial charge in [0, 0.05) is 18.4 Å². The van der Waals surface area contributed by atoms with Gasteiger partial charge in [0.05, 0.1) is 18.4 Å². The van der Waals surface area contributed by atoms with Crippen LogP contribution < -0.4 is 5.32 Å². The molecule has 0 atom stereocenters. The summed E-state index contributed by atoms with van der Waals surface area (Å²) in [6, 6.07) is 4.90. The molecule has 6 heteroatoms. The number of hydrogen-bond donors (Lipinski definition) is 1. The van der Waals surface area contributed by atoms with Crippen molar-refractivity contribution >= 4 is 16.7 Å². The molecule has 3 heterocycles. The number of fused-ring (bicyclic) bond motifs is 2. The summed E-state index contributed by atoms with van der Waals surface area (Å²) in [5.41, 5.74) is 1.47. The van der Waals surface area contributed by atoms with E-state index in [4.69, 9.17) is 0 Å². The molecule has 0 fully saturated rings. The van der Waals surface area contributed by atoms with Crippen molar-refractivity contribution in [3.8, 4) is 0 Å². The fourth-order valence-electron chi connectivity index (χ4n) is 2.83. The molecule has 4 rings (SSSR count). The van der Waals surface area contributed by atoms with Crippen molar-refractivity contribution in [3.63, 3.8) is 0 Å². The van der Waals surface area contributed by atoms with E-state index in [0.29, 0.717) is 23.3 Å². The van der Waals surface area contributed by atoms with Crippen LogP contribution in [-0.4, -0.2) is 19.5 Å². The minimum atomic E-state index is -0.330. The van der Waals surface area contributed by atoms with Crippen LogP contribution in [0.25, 0.3) is 10.9 Å². The lowest BCUT2D eigenvalue weighted by Crippen LogP contribution is -2.07. The van der Waals surface area contributed by atoms with Gasteiger partial charge in [-0.2, -0.15) is 0 Å². The number of aryl methyl sites for hydroxylation is 1. The van der Waals surface area contributed by atoms with Crippen molar-refractivity contribution in [1.29, 1.82) is 0 Å². The van der Waals surface area contributed by atoms with Crippen LogP contribution in [-0.2, 0) is 19.5 Å². The van der Waals surface area contributed by atoms with E-state index in [0.717, 1.165) is 30.9 Å². The van der Waals surface area contributed by atoms with Crippen LogP contribution in [0.15, 0.2) is 30.7 Å². The molecule has 0 radical (unpaired) electrons. The van der Waals surface area contributed by atoms with Gasteiger partial charge in [-0.15, -0.1) is 0 Å². The maximum absolute atomic E-state index is 13.7. The van der Waals surface area contributed by atoms with E-state index in [1.807, 2.05) is 12.3 Å². The van der Waals surface area contributed by atoms with Crippen molar-refractivity contribution < 1.29 is 4.39 Å². The highest BCUT2D eigenvalue weighted by Gasteiger charge is 2.15. The first kappa shape index (κ1) is 12.3. The Morgan fingerprint density at radius 2 is 2.19 bits per heavy atom. The standard InChI is InChI=1S/C15H14FN5/c16-12-4-1-3-11-14(12)19-9-20-15(11)18-8-10-7-17-13-5-2-6-21(10)13/h1,3-4,7,9H,2,5-6,8H2,(H,18,19,20). The minimum absolute atomic E-state index is 0.330. The summed E-state index contributed by atoms with van der Waals surface area (Å²) >= 11 is 0. The number of hydrogen-bond acceptors (Lipinski definition) is 4. The minimum Gasteiger partial charge on any atom is -0.364 e. The second-order valence-electron chi connectivity index (χ2n) is 5.13.